The Bertz CT molecular complexity index is 1080. The number of hydrogen-bond donors (Lipinski definition) is 1. The quantitative estimate of drug-likeness (QED) is 0.522. The number of benzene rings is 1. The van der Waals surface area contributed by atoms with Crippen LogP contribution in [0, 0.1) is 19.3 Å². The molecule has 1 aliphatic rings. The average molecular weight is 442 g/mol. The van der Waals surface area contributed by atoms with E-state index in [2.05, 4.69) is 21.4 Å². The van der Waals surface area contributed by atoms with Crippen LogP contribution in [-0.2, 0) is 14.4 Å². The third-order valence-electron chi connectivity index (χ3n) is 5.21. The Kier molecular flexibility index (Phi) is 6.48. The minimum atomic E-state index is -0.819. The molecule has 0 bridgehead atoms. The molecule has 2 aromatic rings. The van der Waals surface area contributed by atoms with Crippen molar-refractivity contribution >= 4 is 34.3 Å². The molecule has 2 heterocycles. The molecule has 0 spiro atoms. The van der Waals surface area contributed by atoms with E-state index in [0.29, 0.717) is 23.4 Å². The number of pyridine rings is 1. The van der Waals surface area contributed by atoms with Gasteiger partial charge in [-0.15, -0.1) is 18.2 Å². The molecule has 0 radical (unpaired) electrons. The maximum absolute atomic E-state index is 13.0. The molecule has 0 saturated carbocycles. The largest absolute Gasteiger partial charge is 0.470 e. The minimum absolute atomic E-state index is 0.264. The summed E-state index contributed by atoms with van der Waals surface area (Å²) in [4.78, 5) is 22.8. The molecule has 2 unspecified atom stereocenters. The Morgan fingerprint density at radius 3 is 2.77 bits per heavy atom. The number of methoxy groups -OCH3 is 1. The Balaban J connectivity index is 1.76. The van der Waals surface area contributed by atoms with E-state index >= 15 is 0 Å². The van der Waals surface area contributed by atoms with Crippen LogP contribution in [0.3, 0.4) is 0 Å². The summed E-state index contributed by atoms with van der Waals surface area (Å²) in [6, 6.07) is 5.59. The molecule has 7 nitrogen and oxygen atoms in total. The molecule has 164 valence electrons. The van der Waals surface area contributed by atoms with E-state index < -0.39 is 16.8 Å². The molecule has 1 aromatic heterocycles. The number of nitrogens with zero attached hydrogens (tertiary/aromatic N) is 2. The first kappa shape index (κ1) is 22.9. The summed E-state index contributed by atoms with van der Waals surface area (Å²) in [5, 5.41) is 8.00. The second-order valence-electron chi connectivity index (χ2n) is 8.12. The standard InChI is InChI=1S/C23H27N3O4S/c1-8-15-10-16-11-17(9-14(2)19(16)24-13-15)29-21(31-7)20(27)25-22(3,4)18-12-23(5,28-6)30-26-18/h1,9-11,13,21H,12H2,2-7H3,(H,25,27). The van der Waals surface area contributed by atoms with Crippen molar-refractivity contribution in [3.8, 4) is 18.1 Å². The van der Waals surface area contributed by atoms with Crippen LogP contribution >= 0.6 is 11.8 Å². The van der Waals surface area contributed by atoms with Crippen molar-refractivity contribution in [1.29, 1.82) is 0 Å². The lowest BCUT2D eigenvalue weighted by atomic mass is 9.93. The first-order valence-corrected chi connectivity index (χ1v) is 11.1. The number of hydrogen-bond acceptors (Lipinski definition) is 7. The van der Waals surface area contributed by atoms with Crippen LogP contribution in [0.1, 0.15) is 38.3 Å². The zero-order valence-corrected chi connectivity index (χ0v) is 19.4. The molecule has 1 aliphatic heterocycles. The lowest BCUT2D eigenvalue weighted by Gasteiger charge is -2.28. The van der Waals surface area contributed by atoms with Gasteiger partial charge in [-0.1, -0.05) is 11.1 Å². The van der Waals surface area contributed by atoms with E-state index in [9.17, 15) is 4.79 Å². The van der Waals surface area contributed by atoms with Gasteiger partial charge < -0.3 is 19.6 Å². The monoisotopic (exact) mass is 441 g/mol. The summed E-state index contributed by atoms with van der Waals surface area (Å²) in [5.74, 6) is 2.08. The first-order chi connectivity index (χ1) is 14.6. The predicted molar refractivity (Wildman–Crippen MR) is 123 cm³/mol. The summed E-state index contributed by atoms with van der Waals surface area (Å²) in [6.07, 6.45) is 9.43. The predicted octanol–water partition coefficient (Wildman–Crippen LogP) is 3.63. The van der Waals surface area contributed by atoms with E-state index in [0.717, 1.165) is 16.5 Å². The van der Waals surface area contributed by atoms with E-state index in [-0.39, 0.29) is 5.91 Å². The smallest absolute Gasteiger partial charge is 0.272 e. The molecule has 8 heteroatoms. The third-order valence-corrected chi connectivity index (χ3v) is 5.95. The van der Waals surface area contributed by atoms with Crippen LogP contribution in [0.15, 0.2) is 29.6 Å². The lowest BCUT2D eigenvalue weighted by molar-refractivity contribution is -0.192. The number of terminal acetylenes is 1. The summed E-state index contributed by atoms with van der Waals surface area (Å²) in [5.41, 5.74) is 1.69. The van der Waals surface area contributed by atoms with Gasteiger partial charge in [-0.3, -0.25) is 9.78 Å². The Morgan fingerprint density at radius 2 is 2.16 bits per heavy atom. The number of carbonyl (C=O) groups excluding carboxylic acids is 1. The molecule has 0 aliphatic carbocycles. The van der Waals surface area contributed by atoms with Gasteiger partial charge in [0.15, 0.2) is 0 Å². The van der Waals surface area contributed by atoms with Gasteiger partial charge in [0.05, 0.1) is 23.2 Å². The summed E-state index contributed by atoms with van der Waals surface area (Å²) in [7, 11) is 1.56. The summed E-state index contributed by atoms with van der Waals surface area (Å²) in [6.45, 7) is 7.50. The molecule has 0 saturated heterocycles. The highest BCUT2D eigenvalue weighted by Gasteiger charge is 2.42. The maximum Gasteiger partial charge on any atom is 0.272 e. The van der Waals surface area contributed by atoms with Gasteiger partial charge >= 0.3 is 0 Å². The van der Waals surface area contributed by atoms with Gasteiger partial charge in [0.25, 0.3) is 5.91 Å². The SMILES string of the molecule is C#Cc1cnc2c(C)cc(OC(SC)C(=O)NC(C)(C)C3=NOC(C)(OC)C3)cc2c1. The number of thioether (sulfide) groups is 1. The van der Waals surface area contributed by atoms with Gasteiger partial charge in [0.2, 0.25) is 11.2 Å². The number of nitrogens with one attached hydrogen (secondary N) is 1. The van der Waals surface area contributed by atoms with Gasteiger partial charge in [-0.2, -0.15) is 0 Å². The lowest BCUT2D eigenvalue weighted by Crippen LogP contribution is -2.53. The van der Waals surface area contributed by atoms with Crippen molar-refractivity contribution in [1.82, 2.24) is 10.3 Å². The Morgan fingerprint density at radius 1 is 1.42 bits per heavy atom. The molecule has 0 fully saturated rings. The van der Waals surface area contributed by atoms with E-state index in [1.807, 2.05) is 45.2 Å². The van der Waals surface area contributed by atoms with Crippen molar-refractivity contribution in [2.24, 2.45) is 5.16 Å². The highest BCUT2D eigenvalue weighted by Crippen LogP contribution is 2.30. The van der Waals surface area contributed by atoms with Crippen LogP contribution in [0.4, 0.5) is 0 Å². The fourth-order valence-electron chi connectivity index (χ4n) is 3.28. The number of aryl methyl sites for hydroxylation is 1. The van der Waals surface area contributed by atoms with Crippen LogP contribution in [0.2, 0.25) is 0 Å². The number of fused-ring (bicyclic) bond motifs is 1. The Hall–Kier alpha value is -2.76. The molecule has 31 heavy (non-hydrogen) atoms. The van der Waals surface area contributed by atoms with E-state index in [1.54, 1.807) is 20.2 Å². The number of oxime groups is 1. The van der Waals surface area contributed by atoms with Crippen molar-refractivity contribution in [2.45, 2.75) is 50.9 Å². The second-order valence-corrected chi connectivity index (χ2v) is 9.02. The van der Waals surface area contributed by atoms with Gasteiger partial charge in [0.1, 0.15) is 5.75 Å². The number of rotatable bonds is 7. The molecular formula is C23H27N3O4S. The first-order valence-electron chi connectivity index (χ1n) is 9.80. The maximum atomic E-state index is 13.0. The van der Waals surface area contributed by atoms with Gasteiger partial charge in [-0.25, -0.2) is 0 Å². The van der Waals surface area contributed by atoms with E-state index in [1.165, 1.54) is 11.8 Å². The van der Waals surface area contributed by atoms with Gasteiger partial charge in [0, 0.05) is 31.2 Å². The summed E-state index contributed by atoms with van der Waals surface area (Å²) >= 11 is 1.30. The third kappa shape index (κ3) is 4.94. The molecular weight excluding hydrogens is 414 g/mol. The molecule has 1 aromatic carbocycles. The van der Waals surface area contributed by atoms with Crippen molar-refractivity contribution in [3.63, 3.8) is 0 Å². The highest BCUT2D eigenvalue weighted by atomic mass is 32.2. The molecule has 3 rings (SSSR count). The van der Waals surface area contributed by atoms with Crippen LogP contribution in [0.5, 0.6) is 5.75 Å². The zero-order valence-electron chi connectivity index (χ0n) is 18.6. The summed E-state index contributed by atoms with van der Waals surface area (Å²) < 4.78 is 11.4. The van der Waals surface area contributed by atoms with Crippen LogP contribution in [0.25, 0.3) is 10.9 Å². The Labute approximate surface area is 186 Å². The number of amides is 1. The molecule has 1 N–H and O–H groups in total. The van der Waals surface area contributed by atoms with Crippen molar-refractivity contribution in [3.05, 3.63) is 35.5 Å². The average Bonchev–Trinajstić information content (AvgIpc) is 3.15. The minimum Gasteiger partial charge on any atom is -0.470 e. The highest BCUT2D eigenvalue weighted by molar-refractivity contribution is 7.99. The van der Waals surface area contributed by atoms with E-state index in [4.69, 9.17) is 20.7 Å². The topological polar surface area (TPSA) is 82.0 Å². The fourth-order valence-corrected chi connectivity index (χ4v) is 3.76. The van der Waals surface area contributed by atoms with Crippen LogP contribution in [-0.4, -0.2) is 46.7 Å². The van der Waals surface area contributed by atoms with Crippen molar-refractivity contribution in [2.75, 3.05) is 13.4 Å². The van der Waals surface area contributed by atoms with Crippen LogP contribution < -0.4 is 10.1 Å². The number of carbonyl (C=O) groups is 1. The normalized spacial score (nSPS) is 19.3. The molecule has 2 atom stereocenters. The number of aromatic nitrogens is 1. The van der Waals surface area contributed by atoms with Gasteiger partial charge in [-0.05, 0) is 50.8 Å². The number of ether oxygens (including phenoxy) is 2. The van der Waals surface area contributed by atoms with Crippen molar-refractivity contribution < 1.29 is 19.1 Å². The molecule has 1 amide bonds. The fraction of sp³-hybridized carbons (Fsp3) is 0.435. The zero-order chi connectivity index (χ0) is 22.8. The second kappa shape index (κ2) is 8.77.